The molecule has 1 aliphatic heterocycles. The van der Waals surface area contributed by atoms with Gasteiger partial charge in [0.2, 0.25) is 0 Å². The first-order chi connectivity index (χ1) is 23.7. The molecule has 4 N–H and O–H groups in total. The van der Waals surface area contributed by atoms with Crippen molar-refractivity contribution >= 4 is 21.7 Å². The Labute approximate surface area is 294 Å². The van der Waals surface area contributed by atoms with Crippen molar-refractivity contribution in [3.8, 4) is 0 Å². The van der Waals surface area contributed by atoms with Gasteiger partial charge in [-0.05, 0) is 90.3 Å². The second-order valence-corrected chi connectivity index (χ2v) is 15.8. The molecule has 0 bridgehead atoms. The van der Waals surface area contributed by atoms with E-state index in [2.05, 4.69) is 10.6 Å². The van der Waals surface area contributed by atoms with E-state index in [0.29, 0.717) is 35.3 Å². The number of nitrogens with one attached hydrogen (secondary N) is 2. The Hall–Kier alpha value is -3.71. The number of amides is 2. The minimum absolute atomic E-state index is 0.155. The van der Waals surface area contributed by atoms with Crippen molar-refractivity contribution in [2.75, 3.05) is 26.2 Å². The van der Waals surface area contributed by atoms with Crippen LogP contribution in [0.5, 0.6) is 0 Å². The summed E-state index contributed by atoms with van der Waals surface area (Å²) in [5, 5.41) is 26.5. The van der Waals surface area contributed by atoms with Gasteiger partial charge in [-0.15, -0.1) is 0 Å². The summed E-state index contributed by atoms with van der Waals surface area (Å²) in [6.07, 6.45) is 0.00843. The summed E-state index contributed by atoms with van der Waals surface area (Å²) < 4.78 is 54.8. The smallest absolute Gasteiger partial charge is 0.253 e. The number of fused-ring (bicyclic) bond motifs is 1. The summed E-state index contributed by atoms with van der Waals surface area (Å²) in [5.41, 5.74) is 3.64. The van der Waals surface area contributed by atoms with E-state index >= 15 is 0 Å². The first kappa shape index (κ1) is 39.1. The largest absolute Gasteiger partial charge is 0.395 e. The lowest BCUT2D eigenvalue weighted by molar-refractivity contribution is 0.0755. The third-order valence-electron chi connectivity index (χ3n) is 9.11. The molecular formula is C38H49F2N3O6S. The molecule has 3 aromatic carbocycles. The van der Waals surface area contributed by atoms with E-state index in [1.165, 1.54) is 6.07 Å². The van der Waals surface area contributed by atoms with Crippen molar-refractivity contribution < 1.29 is 37.0 Å². The highest BCUT2D eigenvalue weighted by atomic mass is 32.2. The van der Waals surface area contributed by atoms with Crippen LogP contribution in [0.25, 0.3) is 0 Å². The molecule has 4 atom stereocenters. The van der Waals surface area contributed by atoms with E-state index in [0.717, 1.165) is 36.6 Å². The maximum atomic E-state index is 14.2. The van der Waals surface area contributed by atoms with Crippen LogP contribution in [0.4, 0.5) is 8.78 Å². The number of nitrogens with zero attached hydrogens (tertiary/aromatic N) is 1. The molecule has 3 aromatic rings. The van der Waals surface area contributed by atoms with Crippen LogP contribution < -0.4 is 10.6 Å². The number of hydrogen-bond donors (Lipinski definition) is 4. The molecule has 4 rings (SSSR count). The number of aryl methyl sites for hydroxylation is 1. The number of aliphatic hydroxyl groups excluding tert-OH is 2. The van der Waals surface area contributed by atoms with Gasteiger partial charge in [-0.3, -0.25) is 9.59 Å². The van der Waals surface area contributed by atoms with E-state index in [1.54, 1.807) is 30.0 Å². The fourth-order valence-electron chi connectivity index (χ4n) is 6.57. The normalized spacial score (nSPS) is 18.0. The fraction of sp³-hybridized carbons (Fsp3) is 0.474. The van der Waals surface area contributed by atoms with Crippen LogP contribution in [0.1, 0.15) is 101 Å². The van der Waals surface area contributed by atoms with E-state index in [1.807, 2.05) is 39.8 Å². The molecule has 0 unspecified atom stereocenters. The first-order valence-corrected chi connectivity index (χ1v) is 18.9. The SMILES string of the molecule is CCCN(CCC)C(=O)c1cc(C)cc(C(=O)N[C@@H](Cc2cc(F)cc(F)c2)[C@H](O)CN[C@H]2c3cc(C(C)C)ccc3CS(=O)(=O)[C@@H]2CO)c1. The lowest BCUT2D eigenvalue weighted by Gasteiger charge is -2.35. The minimum Gasteiger partial charge on any atom is -0.395 e. The Bertz CT molecular complexity index is 1760. The molecule has 0 spiro atoms. The van der Waals surface area contributed by atoms with Crippen molar-refractivity contribution in [1.29, 1.82) is 0 Å². The summed E-state index contributed by atoms with van der Waals surface area (Å²) in [5.74, 6) is -2.53. The molecule has 0 fully saturated rings. The molecule has 0 aromatic heterocycles. The van der Waals surface area contributed by atoms with Crippen LogP contribution in [-0.2, 0) is 22.0 Å². The summed E-state index contributed by atoms with van der Waals surface area (Å²) in [7, 11) is -3.76. The third kappa shape index (κ3) is 9.54. The zero-order valence-corrected chi connectivity index (χ0v) is 30.2. The molecule has 1 heterocycles. The maximum Gasteiger partial charge on any atom is 0.253 e. The van der Waals surface area contributed by atoms with E-state index in [-0.39, 0.29) is 41.7 Å². The molecule has 1 aliphatic rings. The average molecular weight is 714 g/mol. The molecule has 50 heavy (non-hydrogen) atoms. The predicted octanol–water partition coefficient (Wildman–Crippen LogP) is 4.98. The van der Waals surface area contributed by atoms with Crippen molar-refractivity contribution in [3.63, 3.8) is 0 Å². The Morgan fingerprint density at radius 2 is 1.60 bits per heavy atom. The topological polar surface area (TPSA) is 136 Å². The van der Waals surface area contributed by atoms with E-state index < -0.39 is 57.4 Å². The predicted molar refractivity (Wildman–Crippen MR) is 190 cm³/mol. The standard InChI is InChI=1S/C38H49F2N3O6S/c1-6-10-43(11-7-2)38(47)29-13-24(5)12-28(17-29)37(46)42-33(16-25-14-30(39)19-31(40)15-25)34(45)20-41-36-32-18-26(23(3)4)8-9-27(32)22-50(48,49)35(36)21-44/h8-9,12-15,17-19,23,33-36,41,44-45H,6-7,10-11,16,20-22H2,1-5H3,(H,42,46)/t33-,34+,35+,36-/m0/s1. The average Bonchev–Trinajstić information content (AvgIpc) is 3.04. The van der Waals surface area contributed by atoms with Crippen molar-refractivity contribution in [1.82, 2.24) is 15.5 Å². The Morgan fingerprint density at radius 1 is 0.960 bits per heavy atom. The minimum atomic E-state index is -3.76. The summed E-state index contributed by atoms with van der Waals surface area (Å²) in [6, 6.07) is 11.4. The summed E-state index contributed by atoms with van der Waals surface area (Å²) in [4.78, 5) is 28.9. The highest BCUT2D eigenvalue weighted by molar-refractivity contribution is 7.91. The summed E-state index contributed by atoms with van der Waals surface area (Å²) in [6.45, 7) is 10.0. The molecule has 2 amide bonds. The zero-order valence-electron chi connectivity index (χ0n) is 29.4. The van der Waals surface area contributed by atoms with Crippen molar-refractivity contribution in [2.45, 2.75) is 89.0 Å². The van der Waals surface area contributed by atoms with Gasteiger partial charge in [-0.2, -0.15) is 0 Å². The number of rotatable bonds is 15. The van der Waals surface area contributed by atoms with E-state index in [9.17, 15) is 37.0 Å². The summed E-state index contributed by atoms with van der Waals surface area (Å²) >= 11 is 0. The van der Waals surface area contributed by atoms with Gasteiger partial charge in [0.15, 0.2) is 9.84 Å². The number of hydrogen-bond acceptors (Lipinski definition) is 7. The number of carbonyl (C=O) groups excluding carboxylic acids is 2. The van der Waals surface area contributed by atoms with Crippen molar-refractivity contribution in [3.05, 3.63) is 105 Å². The Balaban J connectivity index is 1.64. The molecule has 272 valence electrons. The second-order valence-electron chi connectivity index (χ2n) is 13.5. The molecular weight excluding hydrogens is 664 g/mol. The molecule has 0 saturated carbocycles. The third-order valence-corrected chi connectivity index (χ3v) is 11.2. The number of carbonyl (C=O) groups is 2. The Kier molecular flexibility index (Phi) is 13.3. The van der Waals surface area contributed by atoms with Crippen LogP contribution in [0.15, 0.2) is 54.6 Å². The number of halogens is 2. The van der Waals surface area contributed by atoms with E-state index in [4.69, 9.17) is 0 Å². The molecule has 9 nitrogen and oxygen atoms in total. The maximum absolute atomic E-state index is 14.2. The van der Waals surface area contributed by atoms with Gasteiger partial charge < -0.3 is 25.7 Å². The van der Waals surface area contributed by atoms with Crippen LogP contribution in [0, 0.1) is 18.6 Å². The second kappa shape index (κ2) is 17.0. The highest BCUT2D eigenvalue weighted by Crippen LogP contribution is 2.35. The van der Waals surface area contributed by atoms with Gasteiger partial charge in [0.25, 0.3) is 11.8 Å². The highest BCUT2D eigenvalue weighted by Gasteiger charge is 2.40. The van der Waals surface area contributed by atoms with Gasteiger partial charge in [-0.1, -0.05) is 45.9 Å². The van der Waals surface area contributed by atoms with Crippen LogP contribution >= 0.6 is 0 Å². The van der Waals surface area contributed by atoms with Gasteiger partial charge in [0.1, 0.15) is 16.9 Å². The quantitative estimate of drug-likeness (QED) is 0.175. The molecule has 0 saturated heterocycles. The Morgan fingerprint density at radius 3 is 2.20 bits per heavy atom. The van der Waals surface area contributed by atoms with Gasteiger partial charge >= 0.3 is 0 Å². The van der Waals surface area contributed by atoms with Crippen LogP contribution in [-0.4, -0.2) is 79.0 Å². The first-order valence-electron chi connectivity index (χ1n) is 17.2. The molecule has 0 aliphatic carbocycles. The van der Waals surface area contributed by atoms with Gasteiger partial charge in [0.05, 0.1) is 30.5 Å². The number of benzene rings is 3. The fourth-order valence-corrected chi connectivity index (χ4v) is 8.36. The lowest BCUT2D eigenvalue weighted by atomic mass is 9.91. The lowest BCUT2D eigenvalue weighted by Crippen LogP contribution is -2.51. The number of sulfone groups is 1. The van der Waals surface area contributed by atoms with Crippen LogP contribution in [0.2, 0.25) is 0 Å². The monoisotopic (exact) mass is 713 g/mol. The van der Waals surface area contributed by atoms with Crippen LogP contribution in [0.3, 0.4) is 0 Å². The van der Waals surface area contributed by atoms with Gasteiger partial charge in [0, 0.05) is 36.8 Å². The number of aliphatic hydroxyl groups is 2. The van der Waals surface area contributed by atoms with Crippen molar-refractivity contribution in [2.24, 2.45) is 0 Å². The van der Waals surface area contributed by atoms with Gasteiger partial charge in [-0.25, -0.2) is 17.2 Å². The molecule has 0 radical (unpaired) electrons. The molecule has 12 heteroatoms. The zero-order chi connectivity index (χ0) is 36.7.